The van der Waals surface area contributed by atoms with Crippen LogP contribution in [0, 0.1) is 0 Å². The van der Waals surface area contributed by atoms with Gasteiger partial charge in [0.2, 0.25) is 11.8 Å². The highest BCUT2D eigenvalue weighted by molar-refractivity contribution is 7.99. The van der Waals surface area contributed by atoms with Crippen LogP contribution in [0.15, 0.2) is 58.3 Å². The number of sulfone groups is 1. The second-order valence-corrected chi connectivity index (χ2v) is 9.70. The van der Waals surface area contributed by atoms with Gasteiger partial charge in [0.05, 0.1) is 16.3 Å². The number of anilines is 1. The summed E-state index contributed by atoms with van der Waals surface area (Å²) in [7, 11) is -3.62. The lowest BCUT2D eigenvalue weighted by atomic mass is 10.1. The number of benzene rings is 2. The Labute approximate surface area is 169 Å². The van der Waals surface area contributed by atoms with Crippen LogP contribution in [-0.4, -0.2) is 38.3 Å². The molecule has 1 aliphatic heterocycles. The molecule has 1 heterocycles. The molecule has 0 aliphatic carbocycles. The third-order valence-electron chi connectivity index (χ3n) is 4.35. The minimum absolute atomic E-state index is 0.102. The summed E-state index contributed by atoms with van der Waals surface area (Å²) in [6.45, 7) is 0.463. The third kappa shape index (κ3) is 5.59. The summed E-state index contributed by atoms with van der Waals surface area (Å²) >= 11 is 1.52. The first-order valence-electron chi connectivity index (χ1n) is 9.04. The molecule has 28 heavy (non-hydrogen) atoms. The average Bonchev–Trinajstić information content (AvgIpc) is 2.87. The van der Waals surface area contributed by atoms with E-state index in [-0.39, 0.29) is 28.9 Å². The molecule has 148 valence electrons. The number of carbonyl (C=O) groups excluding carboxylic acids is 2. The first-order valence-corrected chi connectivity index (χ1v) is 11.7. The zero-order valence-corrected chi connectivity index (χ0v) is 16.9. The number of fused-ring (bicyclic) bond motifs is 1. The molecule has 2 amide bonds. The lowest BCUT2D eigenvalue weighted by molar-refractivity contribution is -0.120. The predicted molar refractivity (Wildman–Crippen MR) is 110 cm³/mol. The minimum atomic E-state index is -3.62. The molecular weight excluding hydrogens is 396 g/mol. The standard InChI is InChI=1S/C20H22N2O4S2/c23-19(21-11-8-15-4-2-1-3-5-15)10-13-28(25,26)16-6-7-18-17(14-16)22-20(24)9-12-27-18/h1-7,14H,8-13H2,(H,21,23)(H,22,24). The van der Waals surface area contributed by atoms with Crippen LogP contribution >= 0.6 is 11.8 Å². The highest BCUT2D eigenvalue weighted by Gasteiger charge is 2.20. The molecule has 0 bridgehead atoms. The molecule has 8 heteroatoms. The van der Waals surface area contributed by atoms with Crippen LogP contribution < -0.4 is 10.6 Å². The molecule has 1 aliphatic rings. The maximum absolute atomic E-state index is 12.6. The number of hydrogen-bond donors (Lipinski definition) is 2. The van der Waals surface area contributed by atoms with Crippen molar-refractivity contribution in [3.05, 3.63) is 54.1 Å². The fourth-order valence-electron chi connectivity index (χ4n) is 2.82. The molecule has 2 aromatic rings. The summed E-state index contributed by atoms with van der Waals surface area (Å²) in [6.07, 6.45) is 0.988. The maximum Gasteiger partial charge on any atom is 0.225 e. The van der Waals surface area contributed by atoms with Crippen molar-refractivity contribution in [1.29, 1.82) is 0 Å². The molecular formula is C20H22N2O4S2. The van der Waals surface area contributed by atoms with Crippen molar-refractivity contribution in [1.82, 2.24) is 5.32 Å². The number of amides is 2. The molecule has 0 spiro atoms. The van der Waals surface area contributed by atoms with Crippen molar-refractivity contribution in [3.63, 3.8) is 0 Å². The number of rotatable bonds is 7. The fraction of sp³-hybridized carbons (Fsp3) is 0.300. The van der Waals surface area contributed by atoms with Gasteiger partial charge in [-0.1, -0.05) is 30.3 Å². The van der Waals surface area contributed by atoms with Crippen LogP contribution in [0.1, 0.15) is 18.4 Å². The molecule has 0 saturated heterocycles. The average molecular weight is 419 g/mol. The normalized spacial score (nSPS) is 13.9. The number of carbonyl (C=O) groups is 2. The van der Waals surface area contributed by atoms with Gasteiger partial charge in [0.15, 0.2) is 9.84 Å². The summed E-state index contributed by atoms with van der Waals surface area (Å²) in [5.74, 6) is -0.0327. The monoisotopic (exact) mass is 418 g/mol. The molecule has 0 saturated carbocycles. The number of thioether (sulfide) groups is 1. The van der Waals surface area contributed by atoms with Crippen molar-refractivity contribution in [2.45, 2.75) is 29.1 Å². The highest BCUT2D eigenvalue weighted by Crippen LogP contribution is 2.32. The Morgan fingerprint density at radius 3 is 2.71 bits per heavy atom. The molecule has 0 radical (unpaired) electrons. The Hall–Kier alpha value is -2.32. The van der Waals surface area contributed by atoms with Crippen molar-refractivity contribution in [2.75, 3.05) is 23.4 Å². The van der Waals surface area contributed by atoms with Crippen molar-refractivity contribution in [2.24, 2.45) is 0 Å². The van der Waals surface area contributed by atoms with E-state index < -0.39 is 9.84 Å². The van der Waals surface area contributed by atoms with Gasteiger partial charge in [-0.05, 0) is 30.2 Å². The van der Waals surface area contributed by atoms with Crippen molar-refractivity contribution in [3.8, 4) is 0 Å². The van der Waals surface area contributed by atoms with E-state index in [1.807, 2.05) is 30.3 Å². The van der Waals surface area contributed by atoms with Crippen LogP contribution in [-0.2, 0) is 25.8 Å². The Morgan fingerprint density at radius 2 is 1.93 bits per heavy atom. The number of hydrogen-bond acceptors (Lipinski definition) is 5. The van der Waals surface area contributed by atoms with E-state index in [4.69, 9.17) is 0 Å². The molecule has 0 fully saturated rings. The summed E-state index contributed by atoms with van der Waals surface area (Å²) in [5, 5.41) is 5.50. The van der Waals surface area contributed by atoms with Crippen molar-refractivity contribution < 1.29 is 18.0 Å². The second kappa shape index (κ2) is 9.25. The second-order valence-electron chi connectivity index (χ2n) is 6.46. The van der Waals surface area contributed by atoms with E-state index in [0.717, 1.165) is 10.5 Å². The van der Waals surface area contributed by atoms with E-state index in [9.17, 15) is 18.0 Å². The van der Waals surface area contributed by atoms with Gasteiger partial charge in [-0.2, -0.15) is 0 Å². The van der Waals surface area contributed by atoms with Gasteiger partial charge in [-0.25, -0.2) is 8.42 Å². The van der Waals surface area contributed by atoms with Gasteiger partial charge in [0.25, 0.3) is 0 Å². The van der Waals surface area contributed by atoms with E-state index in [0.29, 0.717) is 30.8 Å². The topological polar surface area (TPSA) is 92.3 Å². The van der Waals surface area contributed by atoms with Gasteiger partial charge in [-0.3, -0.25) is 9.59 Å². The largest absolute Gasteiger partial charge is 0.356 e. The van der Waals surface area contributed by atoms with E-state index in [1.54, 1.807) is 6.07 Å². The van der Waals surface area contributed by atoms with Gasteiger partial charge >= 0.3 is 0 Å². The fourth-order valence-corrected chi connectivity index (χ4v) is 5.02. The SMILES string of the molecule is O=C(CCS(=O)(=O)c1ccc2c(c1)NC(=O)CCS2)NCCc1ccccc1. The molecule has 0 aromatic heterocycles. The van der Waals surface area contributed by atoms with E-state index in [1.165, 1.54) is 23.9 Å². The van der Waals surface area contributed by atoms with Crippen LogP contribution in [0.4, 0.5) is 5.69 Å². The Bertz CT molecular complexity index is 959. The summed E-state index contributed by atoms with van der Waals surface area (Å²) in [4.78, 5) is 24.7. The van der Waals surface area contributed by atoms with Crippen LogP contribution in [0.5, 0.6) is 0 Å². The Kier molecular flexibility index (Phi) is 6.74. The molecule has 0 atom stereocenters. The van der Waals surface area contributed by atoms with Gasteiger partial charge in [0.1, 0.15) is 0 Å². The Morgan fingerprint density at radius 1 is 1.14 bits per heavy atom. The summed E-state index contributed by atoms with van der Waals surface area (Å²) < 4.78 is 25.2. The summed E-state index contributed by atoms with van der Waals surface area (Å²) in [5.41, 5.74) is 1.63. The lowest BCUT2D eigenvalue weighted by Crippen LogP contribution is -2.27. The van der Waals surface area contributed by atoms with Crippen LogP contribution in [0.2, 0.25) is 0 Å². The van der Waals surface area contributed by atoms with E-state index >= 15 is 0 Å². The molecule has 2 N–H and O–H groups in total. The van der Waals surface area contributed by atoms with E-state index in [2.05, 4.69) is 10.6 Å². The van der Waals surface area contributed by atoms with Crippen molar-refractivity contribution >= 4 is 39.1 Å². The predicted octanol–water partition coefficient (Wildman–Crippen LogP) is 2.64. The molecule has 6 nitrogen and oxygen atoms in total. The third-order valence-corrected chi connectivity index (χ3v) is 7.14. The lowest BCUT2D eigenvalue weighted by Gasteiger charge is -2.10. The zero-order valence-electron chi connectivity index (χ0n) is 15.3. The van der Waals surface area contributed by atoms with Gasteiger partial charge in [-0.15, -0.1) is 11.8 Å². The minimum Gasteiger partial charge on any atom is -0.356 e. The van der Waals surface area contributed by atoms with Gasteiger partial charge < -0.3 is 10.6 Å². The molecule has 2 aromatic carbocycles. The number of nitrogens with one attached hydrogen (secondary N) is 2. The molecule has 0 unspecified atom stereocenters. The maximum atomic E-state index is 12.6. The van der Waals surface area contributed by atoms with Crippen LogP contribution in [0.3, 0.4) is 0 Å². The smallest absolute Gasteiger partial charge is 0.225 e. The quantitative estimate of drug-likeness (QED) is 0.721. The first-order chi connectivity index (χ1) is 13.4. The highest BCUT2D eigenvalue weighted by atomic mass is 32.2. The zero-order chi connectivity index (χ0) is 20.0. The molecule has 3 rings (SSSR count). The Balaban J connectivity index is 1.55. The van der Waals surface area contributed by atoms with Crippen LogP contribution in [0.25, 0.3) is 0 Å². The summed E-state index contributed by atoms with van der Waals surface area (Å²) in [6, 6.07) is 14.5. The van der Waals surface area contributed by atoms with Gasteiger partial charge in [0, 0.05) is 30.0 Å². The first kappa shape index (κ1) is 20.4.